The maximum atomic E-state index is 12.9. The Morgan fingerprint density at radius 2 is 2.14 bits per heavy atom. The molecular weight excluding hydrogens is 327 g/mol. The number of carbonyl (C=O) groups excluding carboxylic acids is 1. The number of hydrogen-bond donors (Lipinski definition) is 0. The van der Waals surface area contributed by atoms with E-state index in [2.05, 4.69) is 0 Å². The lowest BCUT2D eigenvalue weighted by atomic mass is 10.2. The first-order valence-electron chi connectivity index (χ1n) is 3.26. The number of hydrogen-bond acceptors (Lipinski definition) is 3. The Morgan fingerprint density at radius 3 is 2.57 bits per heavy atom. The van der Waals surface area contributed by atoms with Crippen molar-refractivity contribution in [3.63, 3.8) is 0 Å². The number of nitro benzene ring substituents is 1. The fourth-order valence-corrected chi connectivity index (χ4v) is 1.67. The average Bonchev–Trinajstić information content (AvgIpc) is 2.02. The molecule has 1 aromatic carbocycles. The standard InChI is InChI=1S/C7H2ClFINO3/c8-4-2-5(9)6(11(13)14)1-3(4)7(10)12/h1-2H. The minimum atomic E-state index is -1.05. The molecule has 0 atom stereocenters. The van der Waals surface area contributed by atoms with Gasteiger partial charge < -0.3 is 0 Å². The van der Waals surface area contributed by atoms with Crippen LogP contribution in [0.3, 0.4) is 0 Å². The smallest absolute Gasteiger partial charge is 0.282 e. The molecule has 0 heterocycles. The van der Waals surface area contributed by atoms with Crippen molar-refractivity contribution in [3.8, 4) is 0 Å². The maximum absolute atomic E-state index is 12.9. The summed E-state index contributed by atoms with van der Waals surface area (Å²) < 4.78 is 12.4. The van der Waals surface area contributed by atoms with Gasteiger partial charge in [-0.1, -0.05) is 11.6 Å². The molecule has 0 aliphatic carbocycles. The first-order valence-corrected chi connectivity index (χ1v) is 4.72. The van der Waals surface area contributed by atoms with Gasteiger partial charge in [-0.2, -0.15) is 4.39 Å². The molecule has 0 N–H and O–H groups in total. The zero-order chi connectivity index (χ0) is 10.9. The van der Waals surface area contributed by atoms with Gasteiger partial charge in [-0.15, -0.1) is 0 Å². The third-order valence-electron chi connectivity index (χ3n) is 1.44. The Balaban J connectivity index is 3.42. The molecule has 0 saturated carbocycles. The fraction of sp³-hybridized carbons (Fsp3) is 0. The number of rotatable bonds is 2. The van der Waals surface area contributed by atoms with Crippen molar-refractivity contribution in [1.82, 2.24) is 0 Å². The van der Waals surface area contributed by atoms with E-state index in [1.54, 1.807) is 0 Å². The lowest BCUT2D eigenvalue weighted by Crippen LogP contribution is -1.97. The van der Waals surface area contributed by atoms with Gasteiger partial charge in [-0.25, -0.2) is 0 Å². The van der Waals surface area contributed by atoms with Crippen LogP contribution in [0, 0.1) is 15.9 Å². The summed E-state index contributed by atoms with van der Waals surface area (Å²) >= 11 is 6.93. The van der Waals surface area contributed by atoms with E-state index in [1.807, 2.05) is 0 Å². The Labute approximate surface area is 96.3 Å². The predicted octanol–water partition coefficient (Wildman–Crippen LogP) is 2.96. The zero-order valence-corrected chi connectivity index (χ0v) is 9.37. The summed E-state index contributed by atoms with van der Waals surface area (Å²) in [5.74, 6) is -1.05. The molecule has 0 bridgehead atoms. The topological polar surface area (TPSA) is 60.2 Å². The summed E-state index contributed by atoms with van der Waals surface area (Å²) in [6.07, 6.45) is 0. The van der Waals surface area contributed by atoms with Crippen molar-refractivity contribution >= 4 is 43.7 Å². The summed E-state index contributed by atoms with van der Waals surface area (Å²) in [5.41, 5.74) is -0.824. The normalized spacial score (nSPS) is 9.93. The Bertz CT molecular complexity index is 388. The second-order valence-electron chi connectivity index (χ2n) is 2.31. The van der Waals surface area contributed by atoms with E-state index in [1.165, 1.54) is 22.6 Å². The second-order valence-corrected chi connectivity index (χ2v) is 3.70. The largest absolute Gasteiger partial charge is 0.305 e. The van der Waals surface area contributed by atoms with Crippen LogP contribution in [0.2, 0.25) is 5.02 Å². The van der Waals surface area contributed by atoms with E-state index < -0.39 is 20.2 Å². The van der Waals surface area contributed by atoms with Gasteiger partial charge >= 0.3 is 5.69 Å². The van der Waals surface area contributed by atoms with Crippen molar-refractivity contribution in [2.24, 2.45) is 0 Å². The van der Waals surface area contributed by atoms with Crippen LogP contribution in [0.4, 0.5) is 10.1 Å². The van der Waals surface area contributed by atoms with Crippen molar-refractivity contribution in [2.45, 2.75) is 0 Å². The molecule has 7 heteroatoms. The monoisotopic (exact) mass is 329 g/mol. The molecule has 1 aromatic rings. The highest BCUT2D eigenvalue weighted by Gasteiger charge is 2.19. The van der Waals surface area contributed by atoms with Crippen LogP contribution in [0.25, 0.3) is 0 Å². The van der Waals surface area contributed by atoms with Gasteiger partial charge in [-0.3, -0.25) is 14.9 Å². The average molecular weight is 329 g/mol. The molecule has 14 heavy (non-hydrogen) atoms. The lowest BCUT2D eigenvalue weighted by molar-refractivity contribution is -0.387. The van der Waals surface area contributed by atoms with Gasteiger partial charge in [0.05, 0.1) is 15.5 Å². The van der Waals surface area contributed by atoms with Gasteiger partial charge in [0, 0.05) is 34.7 Å². The third kappa shape index (κ3) is 2.18. The van der Waals surface area contributed by atoms with Gasteiger partial charge in [0.2, 0.25) is 9.61 Å². The predicted molar refractivity (Wildman–Crippen MR) is 56.4 cm³/mol. The van der Waals surface area contributed by atoms with Gasteiger partial charge in [0.25, 0.3) is 0 Å². The van der Waals surface area contributed by atoms with E-state index in [-0.39, 0.29) is 10.6 Å². The molecular formula is C7H2ClFINO3. The molecule has 0 aliphatic heterocycles. The van der Waals surface area contributed by atoms with Gasteiger partial charge in [-0.05, 0) is 0 Å². The summed E-state index contributed by atoms with van der Waals surface area (Å²) in [4.78, 5) is 20.3. The molecule has 0 unspecified atom stereocenters. The van der Waals surface area contributed by atoms with Crippen LogP contribution in [0.15, 0.2) is 12.1 Å². The molecule has 0 aliphatic rings. The summed E-state index contributed by atoms with van der Waals surface area (Å²) in [6.45, 7) is 0. The van der Waals surface area contributed by atoms with Crippen molar-refractivity contribution < 1.29 is 14.1 Å². The highest BCUT2D eigenvalue weighted by atomic mass is 127. The highest BCUT2D eigenvalue weighted by Crippen LogP contribution is 2.27. The van der Waals surface area contributed by atoms with E-state index in [0.717, 1.165) is 12.1 Å². The second kappa shape index (κ2) is 4.18. The Hall–Kier alpha value is -0.760. The van der Waals surface area contributed by atoms with Crippen LogP contribution in [-0.2, 0) is 0 Å². The molecule has 0 amide bonds. The number of carbonyl (C=O) groups is 1. The van der Waals surface area contributed by atoms with E-state index in [4.69, 9.17) is 11.6 Å². The SMILES string of the molecule is O=C(I)c1cc([N+](=O)[O-])c(F)cc1Cl. The minimum Gasteiger partial charge on any atom is -0.282 e. The van der Waals surface area contributed by atoms with Crippen LogP contribution in [0.5, 0.6) is 0 Å². The van der Waals surface area contributed by atoms with Gasteiger partial charge in [0.1, 0.15) is 0 Å². The molecule has 1 rings (SSSR count). The van der Waals surface area contributed by atoms with E-state index in [0.29, 0.717) is 0 Å². The summed E-state index contributed by atoms with van der Waals surface area (Å²) in [7, 11) is 0. The van der Waals surface area contributed by atoms with Crippen LogP contribution < -0.4 is 0 Å². The van der Waals surface area contributed by atoms with Crippen LogP contribution in [-0.4, -0.2) is 8.71 Å². The Kier molecular flexibility index (Phi) is 3.38. The molecule has 4 nitrogen and oxygen atoms in total. The third-order valence-corrected chi connectivity index (χ3v) is 2.34. The lowest BCUT2D eigenvalue weighted by Gasteiger charge is -1.99. The molecule has 0 fully saturated rings. The first kappa shape index (κ1) is 11.3. The molecule has 0 radical (unpaired) electrons. The number of halogens is 3. The molecule has 74 valence electrons. The molecule has 0 aromatic heterocycles. The number of nitrogens with zero attached hydrogens (tertiary/aromatic N) is 1. The van der Waals surface area contributed by atoms with E-state index in [9.17, 15) is 19.3 Å². The molecule has 0 saturated heterocycles. The maximum Gasteiger partial charge on any atom is 0.305 e. The fourth-order valence-electron chi connectivity index (χ4n) is 0.828. The van der Waals surface area contributed by atoms with E-state index >= 15 is 0 Å². The molecule has 0 spiro atoms. The quantitative estimate of drug-likeness (QED) is 0.363. The summed E-state index contributed by atoms with van der Waals surface area (Å²) in [6, 6.07) is 1.58. The summed E-state index contributed by atoms with van der Waals surface area (Å²) in [5, 5.41) is 10.2. The van der Waals surface area contributed by atoms with Crippen LogP contribution >= 0.6 is 34.2 Å². The number of benzene rings is 1. The minimum absolute atomic E-state index is 0.0691. The highest BCUT2D eigenvalue weighted by molar-refractivity contribution is 14.1. The van der Waals surface area contributed by atoms with Crippen molar-refractivity contribution in [3.05, 3.63) is 38.7 Å². The van der Waals surface area contributed by atoms with Crippen LogP contribution in [0.1, 0.15) is 10.4 Å². The van der Waals surface area contributed by atoms with Gasteiger partial charge in [0.15, 0.2) is 0 Å². The Morgan fingerprint density at radius 1 is 1.57 bits per heavy atom. The first-order chi connectivity index (χ1) is 6.43. The zero-order valence-electron chi connectivity index (χ0n) is 6.46. The number of nitro groups is 1. The van der Waals surface area contributed by atoms with Crippen molar-refractivity contribution in [2.75, 3.05) is 0 Å². The van der Waals surface area contributed by atoms with Crippen molar-refractivity contribution in [1.29, 1.82) is 0 Å².